The van der Waals surface area contributed by atoms with E-state index in [1.165, 1.54) is 6.26 Å². The van der Waals surface area contributed by atoms with Crippen molar-refractivity contribution in [1.29, 1.82) is 0 Å². The standard InChI is InChI=1S/C32H37N5O3/c1-21-7-13-25(14-8-21)37-28(20-27(36-37)32(2,3)4)35-31(39)34-24-11-9-22(10-12-24)29(23-15-17-33-18-16-23)30(38)26-6-5-19-40-26/h5-14,19-20,23,29,33H,15-18H2,1-4H3,(H2,34,35,39). The van der Waals surface area contributed by atoms with Gasteiger partial charge in [0.15, 0.2) is 5.76 Å². The predicted molar refractivity (Wildman–Crippen MR) is 157 cm³/mol. The molecule has 3 heterocycles. The molecule has 1 unspecified atom stereocenters. The molecule has 1 aliphatic heterocycles. The topological polar surface area (TPSA) is 101 Å². The number of furan rings is 1. The molecule has 5 rings (SSSR count). The molecule has 1 fully saturated rings. The molecule has 0 aliphatic carbocycles. The van der Waals surface area contributed by atoms with Crippen LogP contribution in [0.15, 0.2) is 77.4 Å². The molecule has 8 nitrogen and oxygen atoms in total. The largest absolute Gasteiger partial charge is 0.461 e. The molecule has 208 valence electrons. The van der Waals surface area contributed by atoms with Crippen LogP contribution in [0.1, 0.15) is 66.9 Å². The molecule has 2 aromatic carbocycles. The van der Waals surface area contributed by atoms with E-state index in [0.29, 0.717) is 17.3 Å². The van der Waals surface area contributed by atoms with E-state index in [9.17, 15) is 9.59 Å². The average molecular weight is 540 g/mol. The van der Waals surface area contributed by atoms with Crippen LogP contribution < -0.4 is 16.0 Å². The maximum absolute atomic E-state index is 13.4. The molecule has 8 heteroatoms. The first-order valence-corrected chi connectivity index (χ1v) is 13.8. The van der Waals surface area contributed by atoms with Gasteiger partial charge in [-0.3, -0.25) is 10.1 Å². The summed E-state index contributed by atoms with van der Waals surface area (Å²) in [4.78, 5) is 26.5. The summed E-state index contributed by atoms with van der Waals surface area (Å²) in [6, 6.07) is 20.6. The number of ketones is 1. The Morgan fingerprint density at radius 3 is 2.33 bits per heavy atom. The summed E-state index contributed by atoms with van der Waals surface area (Å²) in [5.74, 6) is 0.882. The van der Waals surface area contributed by atoms with E-state index >= 15 is 0 Å². The minimum absolute atomic E-state index is 0.00521. The molecule has 1 atom stereocenters. The first-order valence-electron chi connectivity index (χ1n) is 13.8. The number of anilines is 2. The van der Waals surface area contributed by atoms with Gasteiger partial charge in [-0.05, 0) is 80.7 Å². The second kappa shape index (κ2) is 11.5. The minimum atomic E-state index is -0.372. The van der Waals surface area contributed by atoms with E-state index in [1.54, 1.807) is 16.8 Å². The Kier molecular flexibility index (Phi) is 7.89. The van der Waals surface area contributed by atoms with Crippen LogP contribution in [0.4, 0.5) is 16.3 Å². The summed E-state index contributed by atoms with van der Waals surface area (Å²) in [6.07, 6.45) is 3.38. The molecular weight excluding hydrogens is 502 g/mol. The van der Waals surface area contributed by atoms with Gasteiger partial charge in [0.2, 0.25) is 5.78 Å². The third kappa shape index (κ3) is 6.18. The van der Waals surface area contributed by atoms with Gasteiger partial charge in [0, 0.05) is 17.2 Å². The predicted octanol–water partition coefficient (Wildman–Crippen LogP) is 6.68. The fourth-order valence-electron chi connectivity index (χ4n) is 5.16. The van der Waals surface area contributed by atoms with Crippen molar-refractivity contribution in [2.75, 3.05) is 23.7 Å². The lowest BCUT2D eigenvalue weighted by molar-refractivity contribution is 0.0888. The van der Waals surface area contributed by atoms with Gasteiger partial charge in [-0.25, -0.2) is 9.48 Å². The normalized spacial score (nSPS) is 15.0. The van der Waals surface area contributed by atoms with Crippen molar-refractivity contribution in [2.24, 2.45) is 5.92 Å². The van der Waals surface area contributed by atoms with Gasteiger partial charge in [-0.1, -0.05) is 50.6 Å². The Morgan fingerprint density at radius 1 is 1.00 bits per heavy atom. The Balaban J connectivity index is 1.34. The number of Topliss-reactive ketones (excluding diaryl/α,β-unsaturated/α-hetero) is 1. The highest BCUT2D eigenvalue weighted by molar-refractivity contribution is 6.00. The van der Waals surface area contributed by atoms with Gasteiger partial charge in [0.05, 0.1) is 23.6 Å². The average Bonchev–Trinajstić information content (AvgIpc) is 3.62. The Morgan fingerprint density at radius 2 is 1.70 bits per heavy atom. The Bertz CT molecular complexity index is 1440. The van der Waals surface area contributed by atoms with Crippen molar-refractivity contribution in [3.05, 3.63) is 95.6 Å². The highest BCUT2D eigenvalue weighted by Gasteiger charge is 2.33. The van der Waals surface area contributed by atoms with E-state index in [1.807, 2.05) is 61.5 Å². The fraction of sp³-hybridized carbons (Fsp3) is 0.344. The molecule has 4 aromatic rings. The lowest BCUT2D eigenvalue weighted by Crippen LogP contribution is -2.33. The zero-order chi connectivity index (χ0) is 28.3. The molecule has 0 saturated carbocycles. The zero-order valence-corrected chi connectivity index (χ0v) is 23.5. The number of aryl methyl sites for hydroxylation is 1. The highest BCUT2D eigenvalue weighted by Crippen LogP contribution is 2.35. The second-order valence-corrected chi connectivity index (χ2v) is 11.5. The number of nitrogens with one attached hydrogen (secondary N) is 3. The molecule has 3 N–H and O–H groups in total. The van der Waals surface area contributed by atoms with Crippen molar-refractivity contribution in [2.45, 2.75) is 51.9 Å². The van der Waals surface area contributed by atoms with Crippen LogP contribution in [0.5, 0.6) is 0 Å². The number of benzene rings is 2. The van der Waals surface area contributed by atoms with Crippen molar-refractivity contribution in [3.63, 3.8) is 0 Å². The maximum atomic E-state index is 13.4. The first-order chi connectivity index (χ1) is 19.2. The van der Waals surface area contributed by atoms with E-state index in [4.69, 9.17) is 9.52 Å². The molecule has 0 spiro atoms. The van der Waals surface area contributed by atoms with Gasteiger partial charge < -0.3 is 15.1 Å². The third-order valence-corrected chi connectivity index (χ3v) is 7.43. The quantitative estimate of drug-likeness (QED) is 0.227. The number of amides is 2. The summed E-state index contributed by atoms with van der Waals surface area (Å²) in [5.41, 5.74) is 4.26. The molecular formula is C32H37N5O3. The van der Waals surface area contributed by atoms with E-state index in [2.05, 4.69) is 36.7 Å². The Labute approximate surface area is 235 Å². The third-order valence-electron chi connectivity index (χ3n) is 7.43. The van der Waals surface area contributed by atoms with Crippen molar-refractivity contribution < 1.29 is 14.0 Å². The van der Waals surface area contributed by atoms with E-state index in [-0.39, 0.29) is 29.1 Å². The number of rotatable bonds is 7. The summed E-state index contributed by atoms with van der Waals surface area (Å²) < 4.78 is 7.21. The van der Waals surface area contributed by atoms with Gasteiger partial charge in [0.1, 0.15) is 5.82 Å². The van der Waals surface area contributed by atoms with Gasteiger partial charge in [-0.15, -0.1) is 0 Å². The van der Waals surface area contributed by atoms with Gasteiger partial charge in [0.25, 0.3) is 0 Å². The smallest absolute Gasteiger partial charge is 0.324 e. The molecule has 1 aliphatic rings. The SMILES string of the molecule is Cc1ccc(-n2nc(C(C)(C)C)cc2NC(=O)Nc2ccc(C(C(=O)c3ccco3)C3CCNCC3)cc2)cc1. The summed E-state index contributed by atoms with van der Waals surface area (Å²) >= 11 is 0. The summed E-state index contributed by atoms with van der Waals surface area (Å²) in [6.45, 7) is 10.1. The number of nitrogens with zero attached hydrogens (tertiary/aromatic N) is 2. The number of piperidine rings is 1. The maximum Gasteiger partial charge on any atom is 0.324 e. The number of urea groups is 1. The summed E-state index contributed by atoms with van der Waals surface area (Å²) in [7, 11) is 0. The molecule has 40 heavy (non-hydrogen) atoms. The summed E-state index contributed by atoms with van der Waals surface area (Å²) in [5, 5.41) is 14.1. The highest BCUT2D eigenvalue weighted by atomic mass is 16.3. The van der Waals surface area contributed by atoms with Gasteiger partial charge >= 0.3 is 6.03 Å². The molecule has 2 aromatic heterocycles. The van der Waals surface area contributed by atoms with Crippen molar-refractivity contribution in [3.8, 4) is 5.69 Å². The number of hydrogen-bond donors (Lipinski definition) is 3. The van der Waals surface area contributed by atoms with Crippen LogP contribution >= 0.6 is 0 Å². The first kappa shape index (κ1) is 27.4. The van der Waals surface area contributed by atoms with Crippen LogP contribution in [0.25, 0.3) is 5.69 Å². The number of carbonyl (C=O) groups excluding carboxylic acids is 2. The number of carbonyl (C=O) groups is 2. The van der Waals surface area contributed by atoms with Crippen molar-refractivity contribution >= 4 is 23.3 Å². The minimum Gasteiger partial charge on any atom is -0.461 e. The van der Waals surface area contributed by atoms with Crippen LogP contribution in [0, 0.1) is 12.8 Å². The van der Waals surface area contributed by atoms with Crippen LogP contribution in [-0.2, 0) is 5.41 Å². The van der Waals surface area contributed by atoms with Crippen LogP contribution in [0.2, 0.25) is 0 Å². The van der Waals surface area contributed by atoms with Crippen LogP contribution in [0.3, 0.4) is 0 Å². The van der Waals surface area contributed by atoms with Crippen LogP contribution in [-0.4, -0.2) is 34.7 Å². The van der Waals surface area contributed by atoms with E-state index < -0.39 is 0 Å². The molecule has 0 radical (unpaired) electrons. The number of hydrogen-bond acceptors (Lipinski definition) is 5. The van der Waals surface area contributed by atoms with Crippen molar-refractivity contribution in [1.82, 2.24) is 15.1 Å². The molecule has 2 amide bonds. The van der Waals surface area contributed by atoms with Gasteiger partial charge in [-0.2, -0.15) is 5.10 Å². The van der Waals surface area contributed by atoms with E-state index in [0.717, 1.165) is 48.4 Å². The number of aromatic nitrogens is 2. The molecule has 1 saturated heterocycles. The lowest BCUT2D eigenvalue weighted by atomic mass is 9.77. The second-order valence-electron chi connectivity index (χ2n) is 11.5. The molecule has 0 bridgehead atoms. The Hall–Kier alpha value is -4.17. The lowest BCUT2D eigenvalue weighted by Gasteiger charge is -2.29. The monoisotopic (exact) mass is 539 g/mol. The zero-order valence-electron chi connectivity index (χ0n) is 23.5. The fourth-order valence-corrected chi connectivity index (χ4v) is 5.16.